The summed E-state index contributed by atoms with van der Waals surface area (Å²) in [6.07, 6.45) is 0. The fraction of sp³-hybridized carbons (Fsp3) is 0.188. The Labute approximate surface area is 142 Å². The van der Waals surface area contributed by atoms with Crippen LogP contribution in [-0.4, -0.2) is 34.4 Å². The Morgan fingerprint density at radius 2 is 1.65 bits per heavy atom. The summed E-state index contributed by atoms with van der Waals surface area (Å²) in [6, 6.07) is 13.5. The van der Waals surface area contributed by atoms with E-state index in [1.165, 1.54) is 0 Å². The van der Waals surface area contributed by atoms with E-state index >= 15 is 0 Å². The van der Waals surface area contributed by atoms with E-state index in [9.17, 15) is 0 Å². The lowest BCUT2D eigenvalue weighted by atomic mass is 10.2. The van der Waals surface area contributed by atoms with Crippen molar-refractivity contribution < 1.29 is 9.47 Å². The topological polar surface area (TPSA) is 62.1 Å². The third-order valence-corrected chi connectivity index (χ3v) is 3.82. The molecule has 0 saturated carbocycles. The minimum Gasteiger partial charge on any atom is -0.497 e. The van der Waals surface area contributed by atoms with Gasteiger partial charge in [0.2, 0.25) is 5.82 Å². The number of aromatic nitrogens is 4. The Morgan fingerprint density at radius 3 is 2.26 bits per heavy atom. The van der Waals surface area contributed by atoms with E-state index in [-0.39, 0.29) is 0 Å². The van der Waals surface area contributed by atoms with Gasteiger partial charge in [-0.1, -0.05) is 15.9 Å². The zero-order valence-corrected chi connectivity index (χ0v) is 14.3. The molecule has 0 amide bonds. The summed E-state index contributed by atoms with van der Waals surface area (Å²) in [4.78, 5) is 1.55. The number of hydrogen-bond donors (Lipinski definition) is 0. The third kappa shape index (κ3) is 3.68. The second-order valence-corrected chi connectivity index (χ2v) is 5.79. The lowest BCUT2D eigenvalue weighted by molar-refractivity contribution is 0.392. The summed E-state index contributed by atoms with van der Waals surface area (Å²) in [5.41, 5.74) is 1.89. The van der Waals surface area contributed by atoms with Crippen LogP contribution in [0.25, 0.3) is 11.4 Å². The zero-order chi connectivity index (χ0) is 16.2. The normalized spacial score (nSPS) is 10.6. The predicted molar refractivity (Wildman–Crippen MR) is 89.6 cm³/mol. The second-order valence-electron chi connectivity index (χ2n) is 4.87. The molecule has 0 bridgehead atoms. The Kier molecular flexibility index (Phi) is 4.57. The number of methoxy groups -OCH3 is 2. The highest BCUT2D eigenvalue weighted by molar-refractivity contribution is 9.10. The molecule has 2 aromatic carbocycles. The molecule has 0 radical (unpaired) electrons. The van der Waals surface area contributed by atoms with E-state index in [0.717, 1.165) is 27.1 Å². The Balaban J connectivity index is 1.83. The zero-order valence-electron chi connectivity index (χ0n) is 12.7. The van der Waals surface area contributed by atoms with Gasteiger partial charge >= 0.3 is 0 Å². The maximum atomic E-state index is 5.27. The largest absolute Gasteiger partial charge is 0.497 e. The fourth-order valence-electron chi connectivity index (χ4n) is 2.15. The Morgan fingerprint density at radius 1 is 1.00 bits per heavy atom. The SMILES string of the molecule is COc1cc(Cn2nnc(-c3ccc(Br)cc3)n2)cc(OC)c1. The molecule has 0 spiro atoms. The molecule has 0 N–H and O–H groups in total. The second kappa shape index (κ2) is 6.78. The quantitative estimate of drug-likeness (QED) is 0.686. The molecule has 0 aliphatic rings. The number of rotatable bonds is 5. The highest BCUT2D eigenvalue weighted by Gasteiger charge is 2.08. The molecule has 3 rings (SSSR count). The van der Waals surface area contributed by atoms with Crippen molar-refractivity contribution in [1.82, 2.24) is 20.2 Å². The highest BCUT2D eigenvalue weighted by atomic mass is 79.9. The smallest absolute Gasteiger partial charge is 0.204 e. The molecular formula is C16H15BrN4O2. The molecule has 23 heavy (non-hydrogen) atoms. The first-order chi connectivity index (χ1) is 11.2. The maximum absolute atomic E-state index is 5.27. The van der Waals surface area contributed by atoms with Crippen molar-refractivity contribution in [2.24, 2.45) is 0 Å². The van der Waals surface area contributed by atoms with Crippen LogP contribution in [0.2, 0.25) is 0 Å². The third-order valence-electron chi connectivity index (χ3n) is 3.29. The van der Waals surface area contributed by atoms with Crippen molar-refractivity contribution in [1.29, 1.82) is 0 Å². The van der Waals surface area contributed by atoms with Gasteiger partial charge in [-0.3, -0.25) is 0 Å². The predicted octanol–water partition coefficient (Wildman–Crippen LogP) is 3.17. The highest BCUT2D eigenvalue weighted by Crippen LogP contribution is 2.23. The number of halogens is 1. The fourth-order valence-corrected chi connectivity index (χ4v) is 2.41. The molecule has 0 saturated heterocycles. The first-order valence-corrected chi connectivity index (χ1v) is 7.73. The summed E-state index contributed by atoms with van der Waals surface area (Å²) in [5.74, 6) is 2.05. The van der Waals surface area contributed by atoms with E-state index in [0.29, 0.717) is 12.4 Å². The summed E-state index contributed by atoms with van der Waals surface area (Å²) < 4.78 is 11.6. The van der Waals surface area contributed by atoms with Crippen molar-refractivity contribution in [2.75, 3.05) is 14.2 Å². The summed E-state index contributed by atoms with van der Waals surface area (Å²) >= 11 is 3.41. The minimum absolute atomic E-state index is 0.483. The molecule has 0 aliphatic heterocycles. The molecule has 0 unspecified atom stereocenters. The molecular weight excluding hydrogens is 360 g/mol. The van der Waals surface area contributed by atoms with Gasteiger partial charge in [-0.15, -0.1) is 10.2 Å². The van der Waals surface area contributed by atoms with Crippen molar-refractivity contribution in [3.05, 3.63) is 52.5 Å². The molecule has 6 nitrogen and oxygen atoms in total. The Bertz CT molecular complexity index is 780. The first kappa shape index (κ1) is 15.5. The van der Waals surface area contributed by atoms with Crippen molar-refractivity contribution in [3.8, 4) is 22.9 Å². The molecule has 1 aromatic heterocycles. The molecule has 3 aromatic rings. The molecule has 7 heteroatoms. The van der Waals surface area contributed by atoms with Gasteiger partial charge in [-0.05, 0) is 47.2 Å². The first-order valence-electron chi connectivity index (χ1n) is 6.93. The van der Waals surface area contributed by atoms with Gasteiger partial charge < -0.3 is 9.47 Å². The van der Waals surface area contributed by atoms with Gasteiger partial charge in [0.1, 0.15) is 11.5 Å². The lowest BCUT2D eigenvalue weighted by Gasteiger charge is -2.07. The van der Waals surface area contributed by atoms with Crippen LogP contribution in [0.4, 0.5) is 0 Å². The Hall–Kier alpha value is -2.41. The van der Waals surface area contributed by atoms with Gasteiger partial charge in [0.05, 0.1) is 20.8 Å². The van der Waals surface area contributed by atoms with E-state index < -0.39 is 0 Å². The van der Waals surface area contributed by atoms with Gasteiger partial charge in [-0.25, -0.2) is 0 Å². The van der Waals surface area contributed by atoms with Gasteiger partial charge in [0.15, 0.2) is 0 Å². The van der Waals surface area contributed by atoms with Gasteiger partial charge in [-0.2, -0.15) is 4.80 Å². The molecule has 1 heterocycles. The number of hydrogen-bond acceptors (Lipinski definition) is 5. The summed E-state index contributed by atoms with van der Waals surface area (Å²) in [7, 11) is 3.25. The minimum atomic E-state index is 0.483. The van der Waals surface area contributed by atoms with Gasteiger partial charge in [0.25, 0.3) is 0 Å². The van der Waals surface area contributed by atoms with Crippen LogP contribution in [0.5, 0.6) is 11.5 Å². The average molecular weight is 375 g/mol. The van der Waals surface area contributed by atoms with Crippen LogP contribution >= 0.6 is 15.9 Å². The van der Waals surface area contributed by atoms with Crippen molar-refractivity contribution in [3.63, 3.8) is 0 Å². The molecule has 0 atom stereocenters. The molecule has 118 valence electrons. The summed E-state index contributed by atoms with van der Waals surface area (Å²) in [5, 5.41) is 12.6. The van der Waals surface area contributed by atoms with Crippen LogP contribution < -0.4 is 9.47 Å². The molecule has 0 aliphatic carbocycles. The van der Waals surface area contributed by atoms with Crippen LogP contribution in [0, 0.1) is 0 Å². The van der Waals surface area contributed by atoms with Crippen LogP contribution in [0.1, 0.15) is 5.56 Å². The number of tetrazole rings is 1. The number of benzene rings is 2. The molecule has 0 fully saturated rings. The van der Waals surface area contributed by atoms with Crippen LogP contribution in [0.15, 0.2) is 46.9 Å². The van der Waals surface area contributed by atoms with Crippen molar-refractivity contribution in [2.45, 2.75) is 6.54 Å². The number of nitrogens with zero attached hydrogens (tertiary/aromatic N) is 4. The number of ether oxygens (including phenoxy) is 2. The monoisotopic (exact) mass is 374 g/mol. The van der Waals surface area contributed by atoms with Crippen LogP contribution in [0.3, 0.4) is 0 Å². The van der Waals surface area contributed by atoms with E-state index in [1.54, 1.807) is 19.0 Å². The summed E-state index contributed by atoms with van der Waals surface area (Å²) in [6.45, 7) is 0.483. The van der Waals surface area contributed by atoms with E-state index in [4.69, 9.17) is 9.47 Å². The average Bonchev–Trinajstić information content (AvgIpc) is 3.03. The van der Waals surface area contributed by atoms with E-state index in [1.807, 2.05) is 42.5 Å². The van der Waals surface area contributed by atoms with Gasteiger partial charge in [0, 0.05) is 16.1 Å². The van der Waals surface area contributed by atoms with E-state index in [2.05, 4.69) is 31.3 Å². The van der Waals surface area contributed by atoms with Crippen molar-refractivity contribution >= 4 is 15.9 Å². The lowest BCUT2D eigenvalue weighted by Crippen LogP contribution is -2.04. The standard InChI is InChI=1S/C16H15BrN4O2/c1-22-14-7-11(8-15(9-14)23-2)10-21-19-16(18-20-21)12-3-5-13(17)6-4-12/h3-9H,10H2,1-2H3. The van der Waals surface area contributed by atoms with Crippen LogP contribution in [-0.2, 0) is 6.54 Å². The maximum Gasteiger partial charge on any atom is 0.204 e.